The minimum Gasteiger partial charge on any atom is -0.359 e. The number of benzene rings is 1. The second kappa shape index (κ2) is 8.76. The number of nitrogens with zero attached hydrogens (tertiary/aromatic N) is 2. The Morgan fingerprint density at radius 3 is 2.74 bits per heavy atom. The van der Waals surface area contributed by atoms with E-state index in [0.29, 0.717) is 18.3 Å². The van der Waals surface area contributed by atoms with Gasteiger partial charge in [0.15, 0.2) is 0 Å². The maximum absolute atomic E-state index is 13.1. The van der Waals surface area contributed by atoms with Gasteiger partial charge in [-0.1, -0.05) is 31.2 Å². The van der Waals surface area contributed by atoms with Gasteiger partial charge in [0.05, 0.1) is 11.2 Å². The van der Waals surface area contributed by atoms with Gasteiger partial charge in [0.1, 0.15) is 5.54 Å². The minimum absolute atomic E-state index is 0.114. The van der Waals surface area contributed by atoms with Crippen LogP contribution in [0, 0.1) is 5.92 Å². The molecule has 2 bridgehead atoms. The van der Waals surface area contributed by atoms with E-state index in [4.69, 9.17) is 4.74 Å². The van der Waals surface area contributed by atoms with Crippen LogP contribution in [0.1, 0.15) is 90.0 Å². The molecule has 2 spiro atoms. The monoisotopic (exact) mass is 525 g/mol. The molecule has 204 valence electrons. The van der Waals surface area contributed by atoms with Crippen molar-refractivity contribution in [3.8, 4) is 0 Å². The number of allylic oxidation sites excluding steroid dienone is 1. The van der Waals surface area contributed by atoms with Crippen molar-refractivity contribution in [1.29, 1.82) is 0 Å². The number of pyridine rings is 1. The summed E-state index contributed by atoms with van der Waals surface area (Å²) < 4.78 is 7.28. The lowest BCUT2D eigenvalue weighted by molar-refractivity contribution is -0.137. The van der Waals surface area contributed by atoms with Gasteiger partial charge in [-0.3, -0.25) is 14.7 Å². The zero-order valence-electron chi connectivity index (χ0n) is 23.3. The highest BCUT2D eigenvalue weighted by Crippen LogP contribution is 2.59. The highest BCUT2D eigenvalue weighted by Gasteiger charge is 2.60. The fraction of sp³-hybridized carbons (Fsp3) is 0.545. The van der Waals surface area contributed by atoms with Crippen LogP contribution in [0.3, 0.4) is 0 Å². The van der Waals surface area contributed by atoms with Crippen LogP contribution in [0.15, 0.2) is 60.0 Å². The standard InChI is InChI=1S/C33H39N3O3/c1-21-7-8-22(24-10-9-23-13-16-34-20-25(23)17-24)5-4-6-27-18-26-11-12-28(19-32(26)14-15-33(21,27)39-32)36-29(37)31(2,3)35-30(36)38/h6,9-10,13,16-18,20-22,28H,4-5,7-8,11-12,14-15,19H2,1-3H3,(H,35,38)/b27-6-/t21-,22?,28+,32+,33-/m0/s1. The van der Waals surface area contributed by atoms with Gasteiger partial charge in [-0.25, -0.2) is 4.79 Å². The van der Waals surface area contributed by atoms with Crippen LogP contribution in [0.2, 0.25) is 0 Å². The third kappa shape index (κ3) is 3.81. The molecule has 6 heteroatoms. The molecule has 2 aromatic rings. The van der Waals surface area contributed by atoms with Crippen LogP contribution in [0.5, 0.6) is 0 Å². The van der Waals surface area contributed by atoms with Crippen molar-refractivity contribution in [3.05, 3.63) is 65.5 Å². The molecule has 3 aliphatic heterocycles. The first kappa shape index (κ1) is 25.0. The highest BCUT2D eigenvalue weighted by molar-refractivity contribution is 6.06. The van der Waals surface area contributed by atoms with Crippen molar-refractivity contribution in [2.75, 3.05) is 0 Å². The van der Waals surface area contributed by atoms with Crippen LogP contribution in [-0.2, 0) is 9.53 Å². The molecule has 3 fully saturated rings. The number of fused-ring (bicyclic) bond motifs is 1. The number of aromatic nitrogens is 1. The van der Waals surface area contributed by atoms with Crippen LogP contribution in [-0.4, -0.2) is 44.6 Å². The van der Waals surface area contributed by atoms with Crippen molar-refractivity contribution in [2.24, 2.45) is 5.92 Å². The van der Waals surface area contributed by atoms with Crippen LogP contribution in [0.4, 0.5) is 4.79 Å². The molecule has 1 aromatic carbocycles. The molecular formula is C33H39N3O3. The Morgan fingerprint density at radius 2 is 1.92 bits per heavy atom. The maximum Gasteiger partial charge on any atom is 0.325 e. The summed E-state index contributed by atoms with van der Waals surface area (Å²) in [6, 6.07) is 8.59. The van der Waals surface area contributed by atoms with Gasteiger partial charge in [0.25, 0.3) is 5.91 Å². The van der Waals surface area contributed by atoms with E-state index < -0.39 is 5.54 Å². The number of carbonyl (C=O) groups is 2. The fourth-order valence-corrected chi connectivity index (χ4v) is 8.24. The molecule has 2 aliphatic carbocycles. The summed E-state index contributed by atoms with van der Waals surface area (Å²) in [7, 11) is 0. The van der Waals surface area contributed by atoms with Gasteiger partial charge in [0, 0.05) is 30.2 Å². The Labute approximate surface area is 230 Å². The van der Waals surface area contributed by atoms with Gasteiger partial charge in [-0.2, -0.15) is 0 Å². The van der Waals surface area contributed by atoms with Gasteiger partial charge < -0.3 is 10.1 Å². The molecule has 6 nitrogen and oxygen atoms in total. The summed E-state index contributed by atoms with van der Waals surface area (Å²) in [4.78, 5) is 31.7. The molecule has 7 rings (SSSR count). The number of rotatable bonds is 2. The average molecular weight is 526 g/mol. The first-order valence-electron chi connectivity index (χ1n) is 14.8. The summed E-state index contributed by atoms with van der Waals surface area (Å²) in [5, 5.41) is 5.33. The largest absolute Gasteiger partial charge is 0.359 e. The fourth-order valence-electron chi connectivity index (χ4n) is 8.24. The summed E-state index contributed by atoms with van der Waals surface area (Å²) in [5.74, 6) is 0.791. The minimum atomic E-state index is -0.838. The molecule has 5 atom stereocenters. The van der Waals surface area contributed by atoms with E-state index in [-0.39, 0.29) is 29.2 Å². The van der Waals surface area contributed by atoms with E-state index >= 15 is 0 Å². The van der Waals surface area contributed by atoms with Crippen molar-refractivity contribution in [1.82, 2.24) is 15.2 Å². The second-order valence-electron chi connectivity index (χ2n) is 13.2. The zero-order valence-corrected chi connectivity index (χ0v) is 23.3. The smallest absolute Gasteiger partial charge is 0.325 e. The third-order valence-electron chi connectivity index (χ3n) is 10.5. The molecule has 1 aromatic heterocycles. The molecule has 1 N–H and O–H groups in total. The normalized spacial score (nSPS) is 37.1. The Balaban J connectivity index is 1.15. The zero-order chi connectivity index (χ0) is 27.0. The molecule has 5 aliphatic rings. The van der Waals surface area contributed by atoms with E-state index in [1.54, 1.807) is 13.8 Å². The quantitative estimate of drug-likeness (QED) is 0.451. The highest BCUT2D eigenvalue weighted by atomic mass is 16.5. The van der Waals surface area contributed by atoms with Gasteiger partial charge >= 0.3 is 6.03 Å². The SMILES string of the molecule is C[C@H]1CCC(c2ccc3ccncc3c2)CC/C=C2/C=C3CC[C@@H](N4C(=O)NC(C)(C)C4=O)C[C@]34CC[C@@]21O4. The summed E-state index contributed by atoms with van der Waals surface area (Å²) in [6.07, 6.45) is 17.5. The third-order valence-corrected chi connectivity index (χ3v) is 10.5. The Bertz CT molecular complexity index is 1430. The van der Waals surface area contributed by atoms with Crippen molar-refractivity contribution < 1.29 is 14.3 Å². The number of hydrogen-bond donors (Lipinski definition) is 1. The van der Waals surface area contributed by atoms with E-state index in [0.717, 1.165) is 51.4 Å². The van der Waals surface area contributed by atoms with Crippen molar-refractivity contribution >= 4 is 22.7 Å². The first-order chi connectivity index (χ1) is 18.7. The Morgan fingerprint density at radius 1 is 1.05 bits per heavy atom. The van der Waals surface area contributed by atoms with Crippen LogP contribution in [0.25, 0.3) is 10.8 Å². The lowest BCUT2D eigenvalue weighted by Gasteiger charge is -2.49. The number of amides is 3. The molecule has 4 heterocycles. The van der Waals surface area contributed by atoms with Gasteiger partial charge in [-0.05, 0) is 111 Å². The summed E-state index contributed by atoms with van der Waals surface area (Å²) in [6.45, 7) is 5.96. The lowest BCUT2D eigenvalue weighted by atomic mass is 9.73. The summed E-state index contributed by atoms with van der Waals surface area (Å²) >= 11 is 0. The summed E-state index contributed by atoms with van der Waals surface area (Å²) in [5.41, 5.74) is 2.68. The number of hydrogen-bond acceptors (Lipinski definition) is 4. The maximum atomic E-state index is 13.1. The van der Waals surface area contributed by atoms with Gasteiger partial charge in [0.2, 0.25) is 0 Å². The topological polar surface area (TPSA) is 71.5 Å². The van der Waals surface area contributed by atoms with E-state index in [1.165, 1.54) is 32.4 Å². The lowest BCUT2D eigenvalue weighted by Crippen LogP contribution is -2.53. The second-order valence-corrected chi connectivity index (χ2v) is 13.2. The molecule has 1 unspecified atom stereocenters. The van der Waals surface area contributed by atoms with Crippen molar-refractivity contribution in [2.45, 2.75) is 107 Å². The molecule has 1 saturated carbocycles. The molecular weight excluding hydrogens is 486 g/mol. The first-order valence-corrected chi connectivity index (χ1v) is 14.8. The molecule has 39 heavy (non-hydrogen) atoms. The Kier molecular flexibility index (Phi) is 5.61. The number of imide groups is 1. The molecule has 3 amide bonds. The predicted octanol–water partition coefficient (Wildman–Crippen LogP) is 6.57. The molecule has 0 radical (unpaired) electrons. The van der Waals surface area contributed by atoms with Crippen LogP contribution >= 0.6 is 0 Å². The van der Waals surface area contributed by atoms with Crippen LogP contribution < -0.4 is 5.32 Å². The van der Waals surface area contributed by atoms with E-state index in [1.807, 2.05) is 12.4 Å². The average Bonchev–Trinajstić information content (AvgIpc) is 3.37. The number of ether oxygens (including phenoxy) is 1. The van der Waals surface area contributed by atoms with E-state index in [2.05, 4.69) is 53.6 Å². The molecule has 2 saturated heterocycles. The Hall–Kier alpha value is -2.99. The van der Waals surface area contributed by atoms with Crippen molar-refractivity contribution in [3.63, 3.8) is 0 Å². The number of nitrogens with one attached hydrogen (secondary N) is 1. The predicted molar refractivity (Wildman–Crippen MR) is 151 cm³/mol. The van der Waals surface area contributed by atoms with Gasteiger partial charge in [-0.15, -0.1) is 0 Å². The van der Waals surface area contributed by atoms with E-state index in [9.17, 15) is 9.59 Å². The number of carbonyl (C=O) groups excluding carboxylic acids is 2. The number of urea groups is 1.